The predicted molar refractivity (Wildman–Crippen MR) is 95.7 cm³/mol. The molecule has 2 atom stereocenters. The molecule has 7 heteroatoms. The van der Waals surface area contributed by atoms with Crippen LogP contribution in [0.5, 0.6) is 0 Å². The zero-order valence-electron chi connectivity index (χ0n) is 15.7. The highest BCUT2D eigenvalue weighted by atomic mass is 16.5. The fourth-order valence-corrected chi connectivity index (χ4v) is 4.55. The van der Waals surface area contributed by atoms with Gasteiger partial charge < -0.3 is 19.7 Å². The molecule has 142 valence electrons. The molecule has 4 rings (SSSR count). The van der Waals surface area contributed by atoms with Gasteiger partial charge in [-0.05, 0) is 44.1 Å². The first-order chi connectivity index (χ1) is 12.6. The van der Waals surface area contributed by atoms with Gasteiger partial charge in [-0.1, -0.05) is 0 Å². The summed E-state index contributed by atoms with van der Waals surface area (Å²) in [7, 11) is 1.71. The topological polar surface area (TPSA) is 76.6 Å². The Balaban J connectivity index is 1.42. The Hall–Kier alpha value is -1.57. The van der Waals surface area contributed by atoms with Gasteiger partial charge >= 0.3 is 0 Å². The second kappa shape index (κ2) is 7.21. The van der Waals surface area contributed by atoms with Crippen LogP contribution in [0.25, 0.3) is 0 Å². The molecule has 1 aromatic rings. The van der Waals surface area contributed by atoms with E-state index in [1.807, 2.05) is 18.0 Å². The minimum Gasteiger partial charge on any atom is -0.384 e. The largest absolute Gasteiger partial charge is 0.384 e. The number of aromatic nitrogens is 2. The molecule has 7 nitrogen and oxygen atoms in total. The highest BCUT2D eigenvalue weighted by molar-refractivity contribution is 5.82. The second-order valence-corrected chi connectivity index (χ2v) is 7.73. The molecule has 0 radical (unpaired) electrons. The number of methoxy groups -OCH3 is 1. The molecule has 1 N–H and O–H groups in total. The van der Waals surface area contributed by atoms with Gasteiger partial charge in [0, 0.05) is 32.9 Å². The van der Waals surface area contributed by atoms with E-state index in [0.29, 0.717) is 32.2 Å². The summed E-state index contributed by atoms with van der Waals surface area (Å²) >= 11 is 0. The minimum absolute atomic E-state index is 0.0756. The Morgan fingerprint density at radius 1 is 1.46 bits per heavy atom. The molecule has 1 amide bonds. The van der Waals surface area contributed by atoms with Gasteiger partial charge in [0.15, 0.2) is 0 Å². The van der Waals surface area contributed by atoms with Crippen LogP contribution in [0, 0.1) is 12.8 Å². The van der Waals surface area contributed by atoms with Gasteiger partial charge in [0.25, 0.3) is 0 Å². The predicted octanol–water partition coefficient (Wildman–Crippen LogP) is 0.800. The van der Waals surface area contributed by atoms with Crippen LogP contribution in [0.15, 0.2) is 6.20 Å². The Morgan fingerprint density at radius 2 is 2.27 bits per heavy atom. The van der Waals surface area contributed by atoms with Crippen LogP contribution in [0.3, 0.4) is 0 Å². The molecule has 0 aliphatic carbocycles. The first kappa shape index (κ1) is 17.8. The van der Waals surface area contributed by atoms with Crippen LogP contribution in [-0.2, 0) is 26.3 Å². The Kier molecular flexibility index (Phi) is 4.94. The monoisotopic (exact) mass is 360 g/mol. The molecule has 3 aliphatic rings. The number of rotatable bonds is 3. The lowest BCUT2D eigenvalue weighted by molar-refractivity contribution is -0.143. The smallest absolute Gasteiger partial charge is 0.239 e. The highest BCUT2D eigenvalue weighted by Crippen LogP contribution is 2.40. The number of hydrogen-bond acceptors (Lipinski definition) is 6. The Labute approximate surface area is 154 Å². The second-order valence-electron chi connectivity index (χ2n) is 7.73. The van der Waals surface area contributed by atoms with Crippen molar-refractivity contribution >= 4 is 5.91 Å². The summed E-state index contributed by atoms with van der Waals surface area (Å²) in [6.07, 6.45) is 5.28. The molecule has 3 aliphatic heterocycles. The van der Waals surface area contributed by atoms with Crippen LogP contribution >= 0.6 is 0 Å². The number of hydrogen-bond donors (Lipinski definition) is 1. The third-order valence-electron chi connectivity index (χ3n) is 5.97. The first-order valence-corrected chi connectivity index (χ1v) is 9.59. The normalized spacial score (nSPS) is 27.5. The van der Waals surface area contributed by atoms with Crippen molar-refractivity contribution in [2.45, 2.75) is 44.2 Å². The van der Waals surface area contributed by atoms with E-state index < -0.39 is 0 Å². The van der Waals surface area contributed by atoms with E-state index in [1.54, 1.807) is 7.11 Å². The lowest BCUT2D eigenvalue weighted by atomic mass is 9.83. The van der Waals surface area contributed by atoms with Gasteiger partial charge in [-0.3, -0.25) is 4.79 Å². The van der Waals surface area contributed by atoms with Crippen molar-refractivity contribution in [3.8, 4) is 0 Å². The first-order valence-electron chi connectivity index (χ1n) is 9.59. The van der Waals surface area contributed by atoms with E-state index in [9.17, 15) is 4.79 Å². The zero-order chi connectivity index (χ0) is 18.1. The van der Waals surface area contributed by atoms with Gasteiger partial charge in [0.1, 0.15) is 11.4 Å². The number of ether oxygens (including phenoxy) is 2. The maximum atomic E-state index is 12.9. The van der Waals surface area contributed by atoms with Gasteiger partial charge in [-0.15, -0.1) is 0 Å². The van der Waals surface area contributed by atoms with Gasteiger partial charge in [0.2, 0.25) is 5.91 Å². The van der Waals surface area contributed by atoms with E-state index in [-0.39, 0.29) is 17.6 Å². The molecule has 2 saturated heterocycles. The summed E-state index contributed by atoms with van der Waals surface area (Å²) in [5, 5.41) is 3.36. The number of carbonyl (C=O) groups excluding carboxylic acids is 1. The number of piperidine rings is 1. The number of aryl methyl sites for hydroxylation is 1. The maximum absolute atomic E-state index is 12.9. The fourth-order valence-electron chi connectivity index (χ4n) is 4.55. The highest BCUT2D eigenvalue weighted by Gasteiger charge is 2.44. The third-order valence-corrected chi connectivity index (χ3v) is 5.97. The van der Waals surface area contributed by atoms with Crippen LogP contribution in [-0.4, -0.2) is 66.8 Å². The van der Waals surface area contributed by atoms with E-state index in [1.165, 1.54) is 5.56 Å². The molecule has 1 aromatic heterocycles. The average Bonchev–Trinajstić information content (AvgIpc) is 3.12. The van der Waals surface area contributed by atoms with Crippen molar-refractivity contribution in [1.29, 1.82) is 0 Å². The fraction of sp³-hybridized carbons (Fsp3) is 0.737. The van der Waals surface area contributed by atoms with Crippen molar-refractivity contribution in [1.82, 2.24) is 20.2 Å². The molecular formula is C19H28N4O3. The van der Waals surface area contributed by atoms with Crippen molar-refractivity contribution in [2.75, 3.05) is 40.0 Å². The summed E-state index contributed by atoms with van der Waals surface area (Å²) in [5.41, 5.74) is 1.89. The van der Waals surface area contributed by atoms with E-state index in [4.69, 9.17) is 14.5 Å². The summed E-state index contributed by atoms with van der Waals surface area (Å²) in [6.45, 7) is 5.63. The third kappa shape index (κ3) is 3.23. The Bertz CT molecular complexity index is 673. The maximum Gasteiger partial charge on any atom is 0.239 e. The van der Waals surface area contributed by atoms with Crippen molar-refractivity contribution in [3.05, 3.63) is 23.3 Å². The summed E-state index contributed by atoms with van der Waals surface area (Å²) < 4.78 is 11.5. The number of carbonyl (C=O) groups is 1. The standard InChI is InChI=1S/C19H28N4O3/c1-13-20-11-15-3-8-26-19(17(15)22-13)4-6-23(7-5-19)18(24)16-9-14(10-21-16)12-25-2/h11,14,16,21H,3-10,12H2,1-2H3/t14-,16-/m0/s1. The van der Waals surface area contributed by atoms with Gasteiger partial charge in [-0.2, -0.15) is 0 Å². The molecule has 0 unspecified atom stereocenters. The Morgan fingerprint density at radius 3 is 3.04 bits per heavy atom. The van der Waals surface area contributed by atoms with Crippen molar-refractivity contribution < 1.29 is 14.3 Å². The molecule has 4 heterocycles. The van der Waals surface area contributed by atoms with Crippen molar-refractivity contribution in [2.24, 2.45) is 5.92 Å². The zero-order valence-corrected chi connectivity index (χ0v) is 15.7. The molecule has 26 heavy (non-hydrogen) atoms. The molecular weight excluding hydrogens is 332 g/mol. The van der Waals surface area contributed by atoms with E-state index >= 15 is 0 Å². The van der Waals surface area contributed by atoms with E-state index in [2.05, 4.69) is 10.3 Å². The van der Waals surface area contributed by atoms with Crippen molar-refractivity contribution in [3.63, 3.8) is 0 Å². The molecule has 0 bridgehead atoms. The average molecular weight is 360 g/mol. The quantitative estimate of drug-likeness (QED) is 0.859. The lowest BCUT2D eigenvalue weighted by Gasteiger charge is -2.44. The minimum atomic E-state index is -0.347. The van der Waals surface area contributed by atoms with Crippen LogP contribution in [0.4, 0.5) is 0 Å². The number of likely N-dealkylation sites (tertiary alicyclic amines) is 1. The van der Waals surface area contributed by atoms with Crippen LogP contribution < -0.4 is 5.32 Å². The number of fused-ring (bicyclic) bond motifs is 2. The summed E-state index contributed by atoms with van der Waals surface area (Å²) in [4.78, 5) is 23.9. The summed E-state index contributed by atoms with van der Waals surface area (Å²) in [6, 6.07) is -0.0756. The number of amides is 1. The van der Waals surface area contributed by atoms with E-state index in [0.717, 1.165) is 43.7 Å². The van der Waals surface area contributed by atoms with Crippen LogP contribution in [0.1, 0.15) is 36.3 Å². The summed E-state index contributed by atoms with van der Waals surface area (Å²) in [5.74, 6) is 1.43. The molecule has 0 saturated carbocycles. The SMILES string of the molecule is COC[C@@H]1CN[C@H](C(=O)N2CCC3(CC2)OCCc2cnc(C)nc23)C1. The van der Waals surface area contributed by atoms with Crippen LogP contribution in [0.2, 0.25) is 0 Å². The molecule has 0 aromatic carbocycles. The molecule has 1 spiro atoms. The van der Waals surface area contributed by atoms with Gasteiger partial charge in [-0.25, -0.2) is 9.97 Å². The van der Waals surface area contributed by atoms with Gasteiger partial charge in [0.05, 0.1) is 24.9 Å². The number of nitrogens with one attached hydrogen (secondary N) is 1. The molecule has 2 fully saturated rings. The number of nitrogens with zero attached hydrogens (tertiary/aromatic N) is 3. The lowest BCUT2D eigenvalue weighted by Crippen LogP contribution is -2.52.